The molecule has 0 N–H and O–H groups in total. The number of benzene rings is 5. The average molecular weight is 713 g/mol. The summed E-state index contributed by atoms with van der Waals surface area (Å²) in [7, 11) is 0. The van der Waals surface area contributed by atoms with Crippen LogP contribution in [0.25, 0.3) is 27.6 Å². The maximum Gasteiger partial charge on any atom is 0.137 e. The van der Waals surface area contributed by atoms with E-state index in [9.17, 15) is 0 Å². The highest BCUT2D eigenvalue weighted by atomic mass is 16.5. The quantitative estimate of drug-likeness (QED) is 0.172. The molecule has 8 rings (SSSR count). The Labute approximate surface area is 320 Å². The third kappa shape index (κ3) is 6.40. The van der Waals surface area contributed by atoms with Crippen molar-refractivity contribution >= 4 is 44.6 Å². The number of rotatable bonds is 6. The highest BCUT2D eigenvalue weighted by Gasteiger charge is 2.30. The van der Waals surface area contributed by atoms with Crippen molar-refractivity contribution in [3.63, 3.8) is 0 Å². The number of anilines is 4. The molecule has 7 aromatic rings. The highest BCUT2D eigenvalue weighted by molar-refractivity contribution is 6.09. The third-order valence-corrected chi connectivity index (χ3v) is 11.1. The first kappa shape index (κ1) is 35.5. The van der Waals surface area contributed by atoms with E-state index in [1.165, 1.54) is 55.7 Å². The number of fused-ring (bicyclic) bond motifs is 4. The molecule has 54 heavy (non-hydrogen) atoms. The Hall–Kier alpha value is -5.55. The molecule has 5 heteroatoms. The Morgan fingerprint density at radius 3 is 1.96 bits per heavy atom. The van der Waals surface area contributed by atoms with Gasteiger partial charge in [0.1, 0.15) is 24.0 Å². The summed E-state index contributed by atoms with van der Waals surface area (Å²) >= 11 is 0. The predicted molar refractivity (Wildman–Crippen MR) is 228 cm³/mol. The molecule has 0 unspecified atom stereocenters. The Morgan fingerprint density at radius 1 is 0.593 bits per heavy atom. The molecule has 1 aliphatic rings. The summed E-state index contributed by atoms with van der Waals surface area (Å²) in [5.74, 6) is 2.84. The van der Waals surface area contributed by atoms with Gasteiger partial charge >= 0.3 is 0 Å². The van der Waals surface area contributed by atoms with Gasteiger partial charge in [-0.25, -0.2) is 4.98 Å². The zero-order chi connectivity index (χ0) is 38.1. The lowest BCUT2D eigenvalue weighted by Gasteiger charge is -2.25. The molecule has 274 valence electrons. The molecule has 2 aromatic heterocycles. The van der Waals surface area contributed by atoms with Gasteiger partial charge in [-0.2, -0.15) is 0 Å². The van der Waals surface area contributed by atoms with Crippen molar-refractivity contribution in [2.45, 2.75) is 86.0 Å². The SMILES string of the molecule is Cc1cc2c(cc1C)N(c1cccc(C(C)(C)C)c1)CN2c1cc(Oc2ccc3c4ccccc4n(-c4cc(C(C)(C)C)ccn4)c3c2)cc(C(C)C)c1. The molecule has 5 nitrogen and oxygen atoms in total. The molecule has 1 aliphatic heterocycles. The van der Waals surface area contributed by atoms with Crippen molar-refractivity contribution < 1.29 is 4.74 Å². The lowest BCUT2D eigenvalue weighted by atomic mass is 9.87. The van der Waals surface area contributed by atoms with Crippen LogP contribution in [0.5, 0.6) is 11.5 Å². The largest absolute Gasteiger partial charge is 0.457 e. The second-order valence-electron chi connectivity index (χ2n) is 17.4. The summed E-state index contributed by atoms with van der Waals surface area (Å²) in [5, 5.41) is 2.37. The van der Waals surface area contributed by atoms with Crippen LogP contribution in [0, 0.1) is 13.8 Å². The summed E-state index contributed by atoms with van der Waals surface area (Å²) in [4.78, 5) is 9.78. The number of ether oxygens (including phenoxy) is 1. The van der Waals surface area contributed by atoms with Crippen molar-refractivity contribution in [1.82, 2.24) is 9.55 Å². The fraction of sp³-hybridized carbons (Fsp3) is 0.286. The van der Waals surface area contributed by atoms with Crippen LogP contribution in [-0.2, 0) is 10.8 Å². The minimum atomic E-state index is 0.00470. The third-order valence-electron chi connectivity index (χ3n) is 11.1. The molecule has 5 aromatic carbocycles. The van der Waals surface area contributed by atoms with Crippen LogP contribution in [0.1, 0.15) is 89.1 Å². The summed E-state index contributed by atoms with van der Waals surface area (Å²) in [6.45, 7) is 23.2. The van der Waals surface area contributed by atoms with E-state index in [-0.39, 0.29) is 10.8 Å². The monoisotopic (exact) mass is 712 g/mol. The van der Waals surface area contributed by atoms with Crippen LogP contribution in [0.15, 0.2) is 115 Å². The number of aromatic nitrogens is 2. The lowest BCUT2D eigenvalue weighted by Crippen LogP contribution is -2.24. The smallest absolute Gasteiger partial charge is 0.137 e. The lowest BCUT2D eigenvalue weighted by molar-refractivity contribution is 0.482. The molecule has 0 amide bonds. The fourth-order valence-electron chi connectivity index (χ4n) is 7.65. The predicted octanol–water partition coefficient (Wildman–Crippen LogP) is 13.6. The number of nitrogens with zero attached hydrogens (tertiary/aromatic N) is 4. The van der Waals surface area contributed by atoms with Crippen molar-refractivity contribution in [1.29, 1.82) is 0 Å². The van der Waals surface area contributed by atoms with Crippen LogP contribution >= 0.6 is 0 Å². The topological polar surface area (TPSA) is 33.5 Å². The highest BCUT2D eigenvalue weighted by Crippen LogP contribution is 2.47. The molecule has 0 aliphatic carbocycles. The molecule has 0 spiro atoms. The molecule has 0 saturated carbocycles. The molecule has 0 saturated heterocycles. The molecule has 3 heterocycles. The number of hydrogen-bond donors (Lipinski definition) is 0. The Balaban J connectivity index is 1.22. The first-order valence-electron chi connectivity index (χ1n) is 19.3. The van der Waals surface area contributed by atoms with Gasteiger partial charge in [-0.3, -0.25) is 4.57 Å². The van der Waals surface area contributed by atoms with E-state index in [1.807, 2.05) is 6.20 Å². The van der Waals surface area contributed by atoms with Crippen LogP contribution in [0.4, 0.5) is 22.7 Å². The van der Waals surface area contributed by atoms with Gasteiger partial charge in [-0.05, 0) is 125 Å². The van der Waals surface area contributed by atoms with Crippen LogP contribution < -0.4 is 14.5 Å². The minimum Gasteiger partial charge on any atom is -0.457 e. The molecule has 0 bridgehead atoms. The Kier molecular flexibility index (Phi) is 8.60. The van der Waals surface area contributed by atoms with E-state index in [4.69, 9.17) is 9.72 Å². The molecular weight excluding hydrogens is 661 g/mol. The zero-order valence-corrected chi connectivity index (χ0v) is 33.5. The van der Waals surface area contributed by atoms with Crippen molar-refractivity contribution in [2.24, 2.45) is 0 Å². The van der Waals surface area contributed by atoms with Crippen LogP contribution in [-0.4, -0.2) is 16.2 Å². The normalized spacial score (nSPS) is 13.4. The number of aryl methyl sites for hydroxylation is 2. The number of pyridine rings is 1. The summed E-state index contributed by atoms with van der Waals surface area (Å²) < 4.78 is 9.14. The van der Waals surface area contributed by atoms with Crippen LogP contribution in [0.3, 0.4) is 0 Å². The maximum atomic E-state index is 6.86. The summed E-state index contributed by atoms with van der Waals surface area (Å²) in [6, 6.07) is 39.8. The molecular formula is C49H52N4O. The Bertz CT molecular complexity index is 2550. The second-order valence-corrected chi connectivity index (χ2v) is 17.4. The maximum absolute atomic E-state index is 6.86. The molecule has 0 radical (unpaired) electrons. The van der Waals surface area contributed by atoms with Gasteiger partial charge < -0.3 is 14.5 Å². The number of para-hydroxylation sites is 1. The van der Waals surface area contributed by atoms with Gasteiger partial charge in [0.25, 0.3) is 0 Å². The van der Waals surface area contributed by atoms with E-state index < -0.39 is 0 Å². The first-order chi connectivity index (χ1) is 25.7. The van der Waals surface area contributed by atoms with Crippen LogP contribution in [0.2, 0.25) is 0 Å². The summed E-state index contributed by atoms with van der Waals surface area (Å²) in [6.07, 6.45) is 1.93. The van der Waals surface area contributed by atoms with Crippen molar-refractivity contribution in [3.8, 4) is 17.3 Å². The standard InChI is InChI=1S/C49H52N4O/c1-31(2)34-24-38(52-30-51(45-22-32(3)33(4)23-46(45)52)37-15-13-14-35(26-37)48(5,6)7)28-40(25-34)54-39-18-19-42-41-16-11-12-17-43(41)53(44(42)29-39)47-27-36(20-21-50-47)49(8,9)10/h11-29,31H,30H2,1-10H3. The van der Waals surface area contributed by atoms with Gasteiger partial charge in [0.05, 0.1) is 22.4 Å². The summed E-state index contributed by atoms with van der Waals surface area (Å²) in [5.41, 5.74) is 13.4. The minimum absolute atomic E-state index is 0.00470. The van der Waals surface area contributed by atoms with Gasteiger partial charge in [0.15, 0.2) is 0 Å². The zero-order valence-electron chi connectivity index (χ0n) is 33.5. The van der Waals surface area contributed by atoms with Gasteiger partial charge in [0.2, 0.25) is 0 Å². The Morgan fingerprint density at radius 2 is 1.26 bits per heavy atom. The van der Waals surface area contributed by atoms with Gasteiger partial charge in [-0.1, -0.05) is 85.7 Å². The first-order valence-corrected chi connectivity index (χ1v) is 19.3. The van der Waals surface area contributed by atoms with E-state index in [0.717, 1.165) is 34.0 Å². The molecule has 0 fully saturated rings. The molecule has 0 atom stereocenters. The van der Waals surface area contributed by atoms with E-state index in [0.29, 0.717) is 12.6 Å². The van der Waals surface area contributed by atoms with Gasteiger partial charge in [-0.15, -0.1) is 0 Å². The number of hydrogen-bond acceptors (Lipinski definition) is 4. The van der Waals surface area contributed by atoms with E-state index >= 15 is 0 Å². The van der Waals surface area contributed by atoms with E-state index in [2.05, 4.69) is 193 Å². The van der Waals surface area contributed by atoms with Crippen molar-refractivity contribution in [2.75, 3.05) is 16.5 Å². The fourth-order valence-corrected chi connectivity index (χ4v) is 7.65. The van der Waals surface area contributed by atoms with Gasteiger partial charge in [0, 0.05) is 40.5 Å². The average Bonchev–Trinajstić information content (AvgIpc) is 3.66. The second kappa shape index (κ2) is 13.1. The van der Waals surface area contributed by atoms with E-state index in [1.54, 1.807) is 0 Å². The van der Waals surface area contributed by atoms with Crippen molar-refractivity contribution in [3.05, 3.63) is 143 Å².